The fourth-order valence-electron chi connectivity index (χ4n) is 2.13. The Bertz CT molecular complexity index is 664. The van der Waals surface area contributed by atoms with E-state index in [0.717, 1.165) is 11.1 Å². The first kappa shape index (κ1) is 15.8. The van der Waals surface area contributed by atoms with Crippen molar-refractivity contribution < 1.29 is 15.0 Å². The van der Waals surface area contributed by atoms with Gasteiger partial charge in [-0.15, -0.1) is 0 Å². The summed E-state index contributed by atoms with van der Waals surface area (Å²) in [4.78, 5) is 10.8. The van der Waals surface area contributed by atoms with Gasteiger partial charge in [-0.3, -0.25) is 4.79 Å². The van der Waals surface area contributed by atoms with E-state index in [2.05, 4.69) is 0 Å². The average Bonchev–Trinajstić information content (AvgIpc) is 2.37. The van der Waals surface area contributed by atoms with Crippen molar-refractivity contribution in [3.05, 3.63) is 58.1 Å². The van der Waals surface area contributed by atoms with Gasteiger partial charge in [-0.25, -0.2) is 0 Å². The molecule has 0 radical (unpaired) electrons. The lowest BCUT2D eigenvalue weighted by molar-refractivity contribution is -0.142. The Balaban J connectivity index is 2.32. The summed E-state index contributed by atoms with van der Waals surface area (Å²) >= 11 is 12.0. The van der Waals surface area contributed by atoms with Crippen molar-refractivity contribution in [1.82, 2.24) is 0 Å². The Labute approximate surface area is 132 Å². The van der Waals surface area contributed by atoms with Gasteiger partial charge in [0.25, 0.3) is 0 Å². The molecule has 0 amide bonds. The zero-order valence-electron chi connectivity index (χ0n) is 11.3. The summed E-state index contributed by atoms with van der Waals surface area (Å²) in [6.45, 7) is 1.48. The molecule has 3 nitrogen and oxygen atoms in total. The van der Waals surface area contributed by atoms with Gasteiger partial charge in [0.2, 0.25) is 0 Å². The zero-order valence-corrected chi connectivity index (χ0v) is 12.8. The second-order valence-electron chi connectivity index (χ2n) is 5.05. The molecule has 0 aliphatic heterocycles. The molecule has 5 heteroatoms. The quantitative estimate of drug-likeness (QED) is 0.879. The van der Waals surface area contributed by atoms with Gasteiger partial charge in [0, 0.05) is 15.6 Å². The van der Waals surface area contributed by atoms with Gasteiger partial charge in [-0.1, -0.05) is 53.5 Å². The smallest absolute Gasteiger partial charge is 0.306 e. The van der Waals surface area contributed by atoms with E-state index in [-0.39, 0.29) is 6.42 Å². The Kier molecular flexibility index (Phi) is 4.57. The molecule has 21 heavy (non-hydrogen) atoms. The molecular formula is C16H14Cl2O3. The molecule has 0 aliphatic carbocycles. The topological polar surface area (TPSA) is 57.5 Å². The van der Waals surface area contributed by atoms with Crippen LogP contribution in [0.25, 0.3) is 11.1 Å². The normalized spacial score (nSPS) is 13.7. The number of halogens is 2. The van der Waals surface area contributed by atoms with Crippen molar-refractivity contribution in [1.29, 1.82) is 0 Å². The van der Waals surface area contributed by atoms with Gasteiger partial charge in [-0.05, 0) is 30.2 Å². The molecular weight excluding hydrogens is 311 g/mol. The molecule has 0 aromatic heterocycles. The van der Waals surface area contributed by atoms with Crippen LogP contribution in [0.5, 0.6) is 0 Å². The van der Waals surface area contributed by atoms with Gasteiger partial charge in [-0.2, -0.15) is 0 Å². The van der Waals surface area contributed by atoms with E-state index in [4.69, 9.17) is 28.3 Å². The molecule has 2 N–H and O–H groups in total. The van der Waals surface area contributed by atoms with E-state index in [1.165, 1.54) is 6.92 Å². The predicted octanol–water partition coefficient (Wildman–Crippen LogP) is 4.34. The second kappa shape index (κ2) is 6.06. The van der Waals surface area contributed by atoms with Crippen LogP contribution in [0.4, 0.5) is 0 Å². The zero-order chi connectivity index (χ0) is 15.6. The summed E-state index contributed by atoms with van der Waals surface area (Å²) in [6, 6.07) is 12.2. The molecule has 0 bridgehead atoms. The summed E-state index contributed by atoms with van der Waals surface area (Å²) in [5, 5.41) is 20.1. The molecule has 0 saturated heterocycles. The molecule has 0 aliphatic rings. The second-order valence-corrected chi connectivity index (χ2v) is 5.89. The monoisotopic (exact) mass is 324 g/mol. The molecule has 0 heterocycles. The summed E-state index contributed by atoms with van der Waals surface area (Å²) in [6.07, 6.45) is -0.353. The summed E-state index contributed by atoms with van der Waals surface area (Å²) in [7, 11) is 0. The van der Waals surface area contributed by atoms with E-state index < -0.39 is 11.6 Å². The minimum Gasteiger partial charge on any atom is -0.481 e. The first-order chi connectivity index (χ1) is 9.79. The largest absolute Gasteiger partial charge is 0.481 e. The van der Waals surface area contributed by atoms with Gasteiger partial charge in [0.1, 0.15) is 0 Å². The maximum Gasteiger partial charge on any atom is 0.306 e. The number of carbonyl (C=O) groups is 1. The highest BCUT2D eigenvalue weighted by Gasteiger charge is 2.26. The number of aliphatic carboxylic acids is 1. The Morgan fingerprint density at radius 1 is 1.14 bits per heavy atom. The van der Waals surface area contributed by atoms with Gasteiger partial charge >= 0.3 is 5.97 Å². The third-order valence-corrected chi connectivity index (χ3v) is 3.79. The maximum atomic E-state index is 10.8. The summed E-state index contributed by atoms with van der Waals surface area (Å²) in [5.74, 6) is -1.05. The minimum absolute atomic E-state index is 0.353. The average molecular weight is 325 g/mol. The van der Waals surface area contributed by atoms with E-state index in [9.17, 15) is 9.90 Å². The first-order valence-electron chi connectivity index (χ1n) is 6.30. The van der Waals surface area contributed by atoms with E-state index >= 15 is 0 Å². The van der Waals surface area contributed by atoms with Crippen LogP contribution in [-0.2, 0) is 10.4 Å². The lowest BCUT2D eigenvalue weighted by Gasteiger charge is -2.22. The maximum absolute atomic E-state index is 10.8. The van der Waals surface area contributed by atoms with Crippen LogP contribution in [0, 0.1) is 0 Å². The van der Waals surface area contributed by atoms with Crippen molar-refractivity contribution in [3.8, 4) is 11.1 Å². The third kappa shape index (κ3) is 3.76. The highest BCUT2D eigenvalue weighted by molar-refractivity contribution is 6.36. The van der Waals surface area contributed by atoms with Crippen molar-refractivity contribution in [3.63, 3.8) is 0 Å². The van der Waals surface area contributed by atoms with Crippen LogP contribution in [0.3, 0.4) is 0 Å². The molecule has 0 spiro atoms. The Morgan fingerprint density at radius 2 is 1.76 bits per heavy atom. The number of hydrogen-bond acceptors (Lipinski definition) is 2. The summed E-state index contributed by atoms with van der Waals surface area (Å²) < 4.78 is 0. The van der Waals surface area contributed by atoms with Crippen LogP contribution in [0.15, 0.2) is 42.5 Å². The molecule has 2 rings (SSSR count). The number of carboxylic acids is 1. The van der Waals surface area contributed by atoms with Gasteiger partial charge in [0.15, 0.2) is 0 Å². The van der Waals surface area contributed by atoms with Crippen molar-refractivity contribution in [2.75, 3.05) is 0 Å². The number of carboxylic acid groups (broad SMARTS) is 1. The van der Waals surface area contributed by atoms with Crippen molar-refractivity contribution in [2.45, 2.75) is 18.9 Å². The Morgan fingerprint density at radius 3 is 2.29 bits per heavy atom. The van der Waals surface area contributed by atoms with Crippen LogP contribution in [-0.4, -0.2) is 16.2 Å². The van der Waals surface area contributed by atoms with Crippen molar-refractivity contribution >= 4 is 29.2 Å². The molecule has 1 atom stereocenters. The van der Waals surface area contributed by atoms with E-state index in [0.29, 0.717) is 15.6 Å². The van der Waals surface area contributed by atoms with Crippen molar-refractivity contribution in [2.24, 2.45) is 0 Å². The van der Waals surface area contributed by atoms with Crippen LogP contribution in [0.2, 0.25) is 10.0 Å². The van der Waals surface area contributed by atoms with Crippen LogP contribution < -0.4 is 0 Å². The fourth-order valence-corrected chi connectivity index (χ4v) is 2.65. The van der Waals surface area contributed by atoms with Gasteiger partial charge < -0.3 is 10.2 Å². The number of hydrogen-bond donors (Lipinski definition) is 2. The lowest BCUT2D eigenvalue weighted by Crippen LogP contribution is -2.24. The number of rotatable bonds is 4. The standard InChI is InChI=1S/C16H14Cl2O3/c1-16(21,9-15(19)20)11-4-2-10(3-5-11)13-7-6-12(17)8-14(13)18/h2-8,21H,9H2,1H3,(H,19,20). The number of aliphatic hydroxyl groups is 1. The highest BCUT2D eigenvalue weighted by Crippen LogP contribution is 2.32. The van der Waals surface area contributed by atoms with Crippen LogP contribution >= 0.6 is 23.2 Å². The molecule has 110 valence electrons. The molecule has 0 fully saturated rings. The minimum atomic E-state index is -1.41. The Hall–Kier alpha value is -1.55. The van der Waals surface area contributed by atoms with E-state index in [1.54, 1.807) is 36.4 Å². The van der Waals surface area contributed by atoms with Gasteiger partial charge in [0.05, 0.1) is 12.0 Å². The lowest BCUT2D eigenvalue weighted by atomic mass is 9.91. The fraction of sp³-hybridized carbons (Fsp3) is 0.188. The molecule has 1 unspecified atom stereocenters. The SMILES string of the molecule is CC(O)(CC(=O)O)c1ccc(-c2ccc(Cl)cc2Cl)cc1. The molecule has 2 aromatic carbocycles. The third-order valence-electron chi connectivity index (χ3n) is 3.24. The number of benzene rings is 2. The van der Waals surface area contributed by atoms with Crippen LogP contribution in [0.1, 0.15) is 18.9 Å². The first-order valence-corrected chi connectivity index (χ1v) is 7.05. The summed E-state index contributed by atoms with van der Waals surface area (Å²) in [5.41, 5.74) is 0.824. The van der Waals surface area contributed by atoms with E-state index in [1.807, 2.05) is 6.07 Å². The molecule has 2 aromatic rings. The predicted molar refractivity (Wildman–Crippen MR) is 83.7 cm³/mol. The molecule has 0 saturated carbocycles. The highest BCUT2D eigenvalue weighted by atomic mass is 35.5.